The van der Waals surface area contributed by atoms with Gasteiger partial charge in [0.2, 0.25) is 10.0 Å². The average Bonchev–Trinajstić information content (AvgIpc) is 2.38. The summed E-state index contributed by atoms with van der Waals surface area (Å²) in [4.78, 5) is 20.4. The first kappa shape index (κ1) is 15.8. The summed E-state index contributed by atoms with van der Waals surface area (Å²) in [6, 6.07) is 2.78. The van der Waals surface area contributed by atoms with Gasteiger partial charge in [0.25, 0.3) is 5.69 Å². The van der Waals surface area contributed by atoms with Crippen molar-refractivity contribution in [1.29, 1.82) is 0 Å². The number of non-ortho nitro benzene ring substituents is 1. The van der Waals surface area contributed by atoms with E-state index in [0.717, 1.165) is 24.3 Å². The molecule has 0 spiro atoms. The van der Waals surface area contributed by atoms with E-state index >= 15 is 0 Å². The molecule has 0 heterocycles. The highest BCUT2D eigenvalue weighted by Crippen LogP contribution is 2.16. The highest BCUT2D eigenvalue weighted by Gasteiger charge is 2.24. The van der Waals surface area contributed by atoms with Crippen molar-refractivity contribution in [1.82, 2.24) is 4.72 Å². The Bertz CT molecular complexity index is 623. The number of carboxylic acid groups (broad SMARTS) is 1. The van der Waals surface area contributed by atoms with Crippen LogP contribution in [-0.4, -0.2) is 30.5 Å². The molecule has 0 aliphatic heterocycles. The number of nitrogens with one attached hydrogen (secondary N) is 1. The van der Waals surface area contributed by atoms with Gasteiger partial charge in [-0.2, -0.15) is 4.72 Å². The molecule has 0 aliphatic rings. The largest absolute Gasteiger partial charge is 0.480 e. The van der Waals surface area contributed by atoms with Crippen LogP contribution < -0.4 is 4.72 Å². The minimum Gasteiger partial charge on any atom is -0.480 e. The fourth-order valence-electron chi connectivity index (χ4n) is 1.37. The third-order valence-electron chi connectivity index (χ3n) is 2.36. The topological polar surface area (TPSA) is 127 Å². The first-order chi connectivity index (χ1) is 9.27. The Morgan fingerprint density at radius 1 is 1.45 bits per heavy atom. The van der Waals surface area contributed by atoms with Gasteiger partial charge < -0.3 is 5.11 Å². The van der Waals surface area contributed by atoms with Crippen LogP contribution in [0.15, 0.2) is 41.8 Å². The summed E-state index contributed by atoms with van der Waals surface area (Å²) in [5.74, 6) is -1.34. The second-order valence-corrected chi connectivity index (χ2v) is 5.50. The van der Waals surface area contributed by atoms with E-state index in [0.29, 0.717) is 0 Å². The molecule has 0 aromatic heterocycles. The summed E-state index contributed by atoms with van der Waals surface area (Å²) in [5, 5.41) is 19.3. The van der Waals surface area contributed by atoms with Gasteiger partial charge in [0.15, 0.2) is 0 Å². The van der Waals surface area contributed by atoms with Crippen molar-refractivity contribution in [3.63, 3.8) is 0 Å². The fraction of sp³-hybridized carbons (Fsp3) is 0.182. The molecule has 0 saturated heterocycles. The second kappa shape index (κ2) is 6.26. The number of carbonyl (C=O) groups is 1. The number of nitro benzene ring substituents is 1. The number of benzene rings is 1. The molecule has 9 heteroatoms. The van der Waals surface area contributed by atoms with E-state index in [2.05, 4.69) is 6.58 Å². The summed E-state index contributed by atoms with van der Waals surface area (Å²) >= 11 is 0. The van der Waals surface area contributed by atoms with Crippen molar-refractivity contribution in [2.24, 2.45) is 0 Å². The Labute approximate surface area is 114 Å². The van der Waals surface area contributed by atoms with Gasteiger partial charge in [0.05, 0.1) is 9.82 Å². The molecule has 1 rings (SSSR count). The molecule has 0 amide bonds. The first-order valence-corrected chi connectivity index (χ1v) is 6.86. The molecule has 0 unspecified atom stereocenters. The number of sulfonamides is 1. The van der Waals surface area contributed by atoms with Gasteiger partial charge in [-0.3, -0.25) is 14.9 Å². The molecule has 20 heavy (non-hydrogen) atoms. The number of hydrogen-bond acceptors (Lipinski definition) is 5. The monoisotopic (exact) mass is 300 g/mol. The number of nitrogens with zero attached hydrogens (tertiary/aromatic N) is 1. The van der Waals surface area contributed by atoms with E-state index < -0.39 is 27.0 Å². The van der Waals surface area contributed by atoms with Crippen molar-refractivity contribution < 1.29 is 23.2 Å². The first-order valence-electron chi connectivity index (χ1n) is 5.38. The van der Waals surface area contributed by atoms with Gasteiger partial charge in [0, 0.05) is 12.1 Å². The van der Waals surface area contributed by atoms with E-state index in [-0.39, 0.29) is 17.0 Å². The van der Waals surface area contributed by atoms with Crippen LogP contribution in [-0.2, 0) is 14.8 Å². The van der Waals surface area contributed by atoms with Crippen LogP contribution in [0, 0.1) is 10.1 Å². The standard InChI is InChI=1S/C11H12N2O6S/c1-2-3-10(11(14)15)12-20(18,19)9-6-4-8(5-7-9)13(16)17/h2,4-7,10,12H,1,3H2,(H,14,15)/t10-/m0/s1. The van der Waals surface area contributed by atoms with Crippen molar-refractivity contribution in [2.45, 2.75) is 17.4 Å². The van der Waals surface area contributed by atoms with E-state index in [1.807, 2.05) is 4.72 Å². The smallest absolute Gasteiger partial charge is 0.322 e. The van der Waals surface area contributed by atoms with Crippen LogP contribution in [0.3, 0.4) is 0 Å². The number of aliphatic carboxylic acids is 1. The predicted octanol–water partition coefficient (Wildman–Crippen LogP) is 0.902. The van der Waals surface area contributed by atoms with E-state index in [9.17, 15) is 23.3 Å². The third-order valence-corrected chi connectivity index (χ3v) is 3.84. The number of nitro groups is 1. The molecule has 2 N–H and O–H groups in total. The lowest BCUT2D eigenvalue weighted by atomic mass is 10.2. The Kier molecular flexibility index (Phi) is 4.94. The van der Waals surface area contributed by atoms with Crippen LogP contribution in [0.2, 0.25) is 0 Å². The number of rotatable bonds is 7. The highest BCUT2D eigenvalue weighted by atomic mass is 32.2. The molecule has 0 bridgehead atoms. The normalized spacial score (nSPS) is 12.6. The maximum atomic E-state index is 11.9. The highest BCUT2D eigenvalue weighted by molar-refractivity contribution is 7.89. The molecule has 108 valence electrons. The zero-order valence-corrected chi connectivity index (χ0v) is 11.0. The minimum absolute atomic E-state index is 0.0818. The van der Waals surface area contributed by atoms with Crippen LogP contribution in [0.5, 0.6) is 0 Å². The van der Waals surface area contributed by atoms with E-state index in [4.69, 9.17) is 5.11 Å². The molecule has 0 aliphatic carbocycles. The maximum absolute atomic E-state index is 11.9. The summed E-state index contributed by atoms with van der Waals surface area (Å²) in [6.45, 7) is 3.34. The molecular formula is C11H12N2O6S. The van der Waals surface area contributed by atoms with Crippen LogP contribution >= 0.6 is 0 Å². The van der Waals surface area contributed by atoms with Crippen molar-refractivity contribution in [2.75, 3.05) is 0 Å². The van der Waals surface area contributed by atoms with Crippen molar-refractivity contribution in [3.05, 3.63) is 47.0 Å². The summed E-state index contributed by atoms with van der Waals surface area (Å²) in [6.07, 6.45) is 1.19. The molecule has 0 fully saturated rings. The lowest BCUT2D eigenvalue weighted by molar-refractivity contribution is -0.384. The molecule has 0 radical (unpaired) electrons. The Morgan fingerprint density at radius 2 is 2.00 bits per heavy atom. The molecule has 0 saturated carbocycles. The average molecular weight is 300 g/mol. The SMILES string of the molecule is C=CC[C@H](NS(=O)(=O)c1ccc([N+](=O)[O-])cc1)C(=O)O. The Hall–Kier alpha value is -2.26. The van der Waals surface area contributed by atoms with Crippen LogP contribution in [0.1, 0.15) is 6.42 Å². The van der Waals surface area contributed by atoms with Gasteiger partial charge in [0.1, 0.15) is 6.04 Å². The van der Waals surface area contributed by atoms with Crippen molar-refractivity contribution >= 4 is 21.7 Å². The van der Waals surface area contributed by atoms with Gasteiger partial charge in [-0.15, -0.1) is 6.58 Å². The number of hydrogen-bond donors (Lipinski definition) is 2. The summed E-state index contributed by atoms with van der Waals surface area (Å²) in [7, 11) is -4.07. The lowest BCUT2D eigenvalue weighted by Gasteiger charge is -2.12. The zero-order valence-electron chi connectivity index (χ0n) is 10.2. The van der Waals surface area contributed by atoms with Gasteiger partial charge in [-0.25, -0.2) is 8.42 Å². The molecule has 1 aromatic carbocycles. The molecule has 8 nitrogen and oxygen atoms in total. The van der Waals surface area contributed by atoms with Gasteiger partial charge in [-0.05, 0) is 18.6 Å². The maximum Gasteiger partial charge on any atom is 0.322 e. The molecule has 1 atom stereocenters. The predicted molar refractivity (Wildman–Crippen MR) is 69.7 cm³/mol. The van der Waals surface area contributed by atoms with Gasteiger partial charge >= 0.3 is 5.97 Å². The van der Waals surface area contributed by atoms with E-state index in [1.165, 1.54) is 6.08 Å². The second-order valence-electron chi connectivity index (χ2n) is 3.79. The number of carboxylic acids is 1. The summed E-state index contributed by atoms with van der Waals surface area (Å²) < 4.78 is 25.8. The van der Waals surface area contributed by atoms with Crippen molar-refractivity contribution in [3.8, 4) is 0 Å². The third kappa shape index (κ3) is 3.87. The zero-order chi connectivity index (χ0) is 15.3. The Balaban J connectivity index is 3.00. The van der Waals surface area contributed by atoms with Crippen LogP contribution in [0.4, 0.5) is 5.69 Å². The van der Waals surface area contributed by atoms with E-state index in [1.54, 1.807) is 0 Å². The quantitative estimate of drug-likeness (QED) is 0.437. The molecule has 1 aromatic rings. The lowest BCUT2D eigenvalue weighted by Crippen LogP contribution is -2.40. The van der Waals surface area contributed by atoms with Gasteiger partial charge in [-0.1, -0.05) is 6.08 Å². The van der Waals surface area contributed by atoms with Crippen LogP contribution in [0.25, 0.3) is 0 Å². The molecular weight excluding hydrogens is 288 g/mol. The fourth-order valence-corrected chi connectivity index (χ4v) is 2.57. The Morgan fingerprint density at radius 3 is 2.40 bits per heavy atom. The minimum atomic E-state index is -4.07. The summed E-state index contributed by atoms with van der Waals surface area (Å²) in [5.41, 5.74) is -0.259.